The van der Waals surface area contributed by atoms with Crippen LogP contribution in [-0.4, -0.2) is 31.6 Å². The lowest BCUT2D eigenvalue weighted by molar-refractivity contribution is 0.269. The van der Waals surface area contributed by atoms with Crippen LogP contribution in [0.25, 0.3) is 11.2 Å². The molecule has 0 aliphatic heterocycles. The highest BCUT2D eigenvalue weighted by Crippen LogP contribution is 2.13. The lowest BCUT2D eigenvalue weighted by atomic mass is 10.2. The van der Waals surface area contributed by atoms with Gasteiger partial charge in [0.25, 0.3) is 0 Å². The molecule has 2 aromatic rings. The molecule has 5 heteroatoms. The minimum Gasteiger partial charge on any atom is -0.396 e. The van der Waals surface area contributed by atoms with E-state index in [9.17, 15) is 0 Å². The predicted molar refractivity (Wildman–Crippen MR) is 47.2 cm³/mol. The van der Waals surface area contributed by atoms with Crippen LogP contribution in [0.15, 0.2) is 12.5 Å². The van der Waals surface area contributed by atoms with Crippen LogP contribution in [0.5, 0.6) is 0 Å². The van der Waals surface area contributed by atoms with Crippen LogP contribution in [0.3, 0.4) is 0 Å². The second-order valence-corrected chi connectivity index (χ2v) is 2.97. The molecule has 2 aromatic heterocycles. The second kappa shape index (κ2) is 3.10. The monoisotopic (exact) mass is 178 g/mol. The van der Waals surface area contributed by atoms with Crippen molar-refractivity contribution < 1.29 is 5.11 Å². The fourth-order valence-corrected chi connectivity index (χ4v) is 1.10. The highest BCUT2D eigenvalue weighted by molar-refractivity contribution is 5.68. The van der Waals surface area contributed by atoms with Gasteiger partial charge in [0.15, 0.2) is 5.65 Å². The van der Waals surface area contributed by atoms with Gasteiger partial charge in [-0.15, -0.1) is 0 Å². The molecule has 68 valence electrons. The quantitative estimate of drug-likeness (QED) is 0.700. The number of nitrogens with one attached hydrogen (secondary N) is 1. The highest BCUT2D eigenvalue weighted by atomic mass is 16.3. The third kappa shape index (κ3) is 1.38. The van der Waals surface area contributed by atoms with E-state index in [-0.39, 0.29) is 12.5 Å². The fraction of sp³-hybridized carbons (Fsp3) is 0.375. The lowest BCUT2D eigenvalue weighted by Crippen LogP contribution is -2.00. The molecule has 2 heterocycles. The number of aliphatic hydroxyl groups excluding tert-OH is 1. The van der Waals surface area contributed by atoms with Gasteiger partial charge in [-0.2, -0.15) is 0 Å². The minimum absolute atomic E-state index is 0.00852. The Morgan fingerprint density at radius 3 is 3.15 bits per heavy atom. The van der Waals surface area contributed by atoms with E-state index in [1.807, 2.05) is 6.92 Å². The van der Waals surface area contributed by atoms with E-state index < -0.39 is 0 Å². The summed E-state index contributed by atoms with van der Waals surface area (Å²) in [6.07, 6.45) is 3.12. The Labute approximate surface area is 74.9 Å². The minimum atomic E-state index is 0.00852. The molecule has 5 nitrogen and oxygen atoms in total. The molecule has 1 atom stereocenters. The summed E-state index contributed by atoms with van der Waals surface area (Å²) in [6, 6.07) is 0. The third-order valence-corrected chi connectivity index (χ3v) is 1.92. The van der Waals surface area contributed by atoms with Crippen molar-refractivity contribution in [2.75, 3.05) is 6.61 Å². The molecule has 2 N–H and O–H groups in total. The van der Waals surface area contributed by atoms with Gasteiger partial charge in [-0.3, -0.25) is 0 Å². The number of aliphatic hydroxyl groups is 1. The third-order valence-electron chi connectivity index (χ3n) is 1.92. The molecule has 0 saturated heterocycles. The zero-order valence-corrected chi connectivity index (χ0v) is 7.23. The van der Waals surface area contributed by atoms with Gasteiger partial charge in [-0.1, -0.05) is 6.92 Å². The van der Waals surface area contributed by atoms with Gasteiger partial charge < -0.3 is 10.1 Å². The highest BCUT2D eigenvalue weighted by Gasteiger charge is 2.09. The van der Waals surface area contributed by atoms with Gasteiger partial charge >= 0.3 is 0 Å². The number of hydrogen-bond donors (Lipinski definition) is 2. The Morgan fingerprint density at radius 2 is 2.46 bits per heavy atom. The normalized spacial score (nSPS) is 13.4. The van der Waals surface area contributed by atoms with Crippen molar-refractivity contribution in [2.24, 2.45) is 0 Å². The number of fused-ring (bicyclic) bond motifs is 1. The summed E-state index contributed by atoms with van der Waals surface area (Å²) < 4.78 is 0. The molecule has 13 heavy (non-hydrogen) atoms. The second-order valence-electron chi connectivity index (χ2n) is 2.97. The number of nitrogens with zero attached hydrogens (tertiary/aromatic N) is 3. The molecule has 0 amide bonds. The van der Waals surface area contributed by atoms with Gasteiger partial charge in [0.2, 0.25) is 0 Å². The van der Waals surface area contributed by atoms with Gasteiger partial charge in [-0.05, 0) is 0 Å². The van der Waals surface area contributed by atoms with Crippen LogP contribution < -0.4 is 0 Å². The molecule has 2 rings (SSSR count). The maximum absolute atomic E-state index is 8.92. The van der Waals surface area contributed by atoms with E-state index in [1.54, 1.807) is 6.20 Å². The number of imidazole rings is 1. The van der Waals surface area contributed by atoms with Crippen molar-refractivity contribution in [2.45, 2.75) is 12.8 Å². The summed E-state index contributed by atoms with van der Waals surface area (Å²) in [4.78, 5) is 15.1. The Morgan fingerprint density at radius 1 is 1.62 bits per heavy atom. The van der Waals surface area contributed by atoms with Crippen LogP contribution in [0, 0.1) is 0 Å². The number of hydrogen-bond acceptors (Lipinski definition) is 4. The molecule has 0 bridgehead atoms. The molecule has 0 aliphatic rings. The van der Waals surface area contributed by atoms with E-state index in [1.165, 1.54) is 6.33 Å². The van der Waals surface area contributed by atoms with Crippen LogP contribution >= 0.6 is 0 Å². The summed E-state index contributed by atoms with van der Waals surface area (Å²) >= 11 is 0. The molecular formula is C8H10N4O. The first-order chi connectivity index (χ1) is 6.31. The zero-order chi connectivity index (χ0) is 9.26. The zero-order valence-electron chi connectivity index (χ0n) is 7.23. The van der Waals surface area contributed by atoms with Crippen LogP contribution in [0.1, 0.15) is 18.7 Å². The Bertz CT molecular complexity index is 378. The molecule has 0 saturated carbocycles. The first-order valence-electron chi connectivity index (χ1n) is 4.07. The van der Waals surface area contributed by atoms with E-state index in [2.05, 4.69) is 19.9 Å². The fourth-order valence-electron chi connectivity index (χ4n) is 1.10. The Hall–Kier alpha value is -1.49. The number of H-pyrrole nitrogens is 1. The lowest BCUT2D eigenvalue weighted by Gasteiger charge is -2.00. The smallest absolute Gasteiger partial charge is 0.180 e. The largest absolute Gasteiger partial charge is 0.396 e. The van der Waals surface area contributed by atoms with Gasteiger partial charge in [0, 0.05) is 5.92 Å². The van der Waals surface area contributed by atoms with Crippen LogP contribution in [-0.2, 0) is 0 Å². The maximum atomic E-state index is 8.92. The molecule has 0 aliphatic carbocycles. The molecule has 1 unspecified atom stereocenters. The summed E-state index contributed by atoms with van der Waals surface area (Å²) in [5.41, 5.74) is 1.45. The van der Waals surface area contributed by atoms with Crippen molar-refractivity contribution in [1.82, 2.24) is 19.9 Å². The summed E-state index contributed by atoms with van der Waals surface area (Å²) in [6.45, 7) is 1.97. The number of rotatable bonds is 2. The van der Waals surface area contributed by atoms with Gasteiger partial charge in [0.1, 0.15) is 17.7 Å². The van der Waals surface area contributed by atoms with Gasteiger partial charge in [-0.25, -0.2) is 15.0 Å². The van der Waals surface area contributed by atoms with Gasteiger partial charge in [0.05, 0.1) is 12.8 Å². The molecule has 0 spiro atoms. The number of aromatic nitrogens is 4. The van der Waals surface area contributed by atoms with E-state index in [0.717, 1.165) is 11.3 Å². The topological polar surface area (TPSA) is 74.7 Å². The summed E-state index contributed by atoms with van der Waals surface area (Å²) in [5.74, 6) is 0.757. The number of aromatic amines is 1. The average molecular weight is 178 g/mol. The van der Waals surface area contributed by atoms with Crippen LogP contribution in [0.4, 0.5) is 0 Å². The van der Waals surface area contributed by atoms with Crippen LogP contribution in [0.2, 0.25) is 0 Å². The first-order valence-corrected chi connectivity index (χ1v) is 4.07. The van der Waals surface area contributed by atoms with E-state index in [0.29, 0.717) is 5.65 Å². The Balaban J connectivity index is 2.49. The molecular weight excluding hydrogens is 168 g/mol. The molecule has 0 aromatic carbocycles. The predicted octanol–water partition coefficient (Wildman–Crippen LogP) is 0.449. The average Bonchev–Trinajstić information content (AvgIpc) is 2.59. The first kappa shape index (κ1) is 8.12. The van der Waals surface area contributed by atoms with Crippen molar-refractivity contribution in [3.8, 4) is 0 Å². The standard InChI is InChI=1S/C8H10N4O/c1-5(3-13)7-11-6-2-9-4-10-8(6)12-7/h2,4-5,13H,3H2,1H3,(H,9,10,11,12). The van der Waals surface area contributed by atoms with Crippen molar-refractivity contribution in [1.29, 1.82) is 0 Å². The van der Waals surface area contributed by atoms with Crippen molar-refractivity contribution in [3.05, 3.63) is 18.3 Å². The summed E-state index contributed by atoms with van der Waals surface area (Å²) in [5, 5.41) is 8.92. The van der Waals surface area contributed by atoms with Crippen molar-refractivity contribution in [3.63, 3.8) is 0 Å². The Kier molecular flexibility index (Phi) is 1.94. The van der Waals surface area contributed by atoms with E-state index in [4.69, 9.17) is 5.11 Å². The summed E-state index contributed by atoms with van der Waals surface area (Å²) in [7, 11) is 0. The molecule has 0 fully saturated rings. The van der Waals surface area contributed by atoms with Crippen molar-refractivity contribution >= 4 is 11.2 Å². The SMILES string of the molecule is CC(CO)c1nc2ncncc2[nH]1. The van der Waals surface area contributed by atoms with E-state index >= 15 is 0 Å². The maximum Gasteiger partial charge on any atom is 0.180 e. The molecule has 0 radical (unpaired) electrons.